The summed E-state index contributed by atoms with van der Waals surface area (Å²) in [5.41, 5.74) is 7.87. The van der Waals surface area contributed by atoms with Gasteiger partial charge in [0.2, 0.25) is 5.91 Å². The van der Waals surface area contributed by atoms with E-state index in [4.69, 9.17) is 12.2 Å². The fraction of sp³-hybridized carbons (Fsp3) is 0.357. The summed E-state index contributed by atoms with van der Waals surface area (Å²) < 4.78 is 0. The number of benzene rings is 1. The van der Waals surface area contributed by atoms with Gasteiger partial charge in [0, 0.05) is 6.42 Å². The van der Waals surface area contributed by atoms with E-state index in [9.17, 15) is 4.79 Å². The molecule has 0 bridgehead atoms. The van der Waals surface area contributed by atoms with E-state index in [2.05, 4.69) is 11.2 Å². The van der Waals surface area contributed by atoms with E-state index in [0.29, 0.717) is 0 Å². The molecule has 3 nitrogen and oxygen atoms in total. The van der Waals surface area contributed by atoms with Gasteiger partial charge in [-0.05, 0) is 19.4 Å². The van der Waals surface area contributed by atoms with Gasteiger partial charge in [-0.15, -0.1) is 12.3 Å². The smallest absolute Gasteiger partial charge is 0.238 e. The Balaban J connectivity index is 2.60. The summed E-state index contributed by atoms with van der Waals surface area (Å²) in [5, 5.41) is 2.84. The minimum absolute atomic E-state index is 0.0630. The first kappa shape index (κ1) is 13.3. The van der Waals surface area contributed by atoms with Crippen molar-refractivity contribution in [3.05, 3.63) is 35.4 Å². The predicted octanol–water partition coefficient (Wildman–Crippen LogP) is 1.52. The van der Waals surface area contributed by atoms with E-state index < -0.39 is 6.04 Å². The van der Waals surface area contributed by atoms with Crippen LogP contribution in [0, 0.1) is 19.3 Å². The van der Waals surface area contributed by atoms with E-state index in [-0.39, 0.29) is 18.4 Å². The number of rotatable bonds is 4. The zero-order valence-corrected chi connectivity index (χ0v) is 10.2. The minimum atomic E-state index is -0.632. The SMILES string of the molecule is C#CCC(N)C(=O)NC(C)c1ccc(C)cc1. The predicted molar refractivity (Wildman–Crippen MR) is 69.2 cm³/mol. The second-order valence-corrected chi connectivity index (χ2v) is 4.16. The number of nitrogens with two attached hydrogens (primary N) is 1. The lowest BCUT2D eigenvalue weighted by Crippen LogP contribution is -2.41. The van der Waals surface area contributed by atoms with Gasteiger partial charge >= 0.3 is 0 Å². The number of hydrogen-bond acceptors (Lipinski definition) is 2. The molecule has 2 atom stereocenters. The summed E-state index contributed by atoms with van der Waals surface area (Å²) in [6, 6.07) is 7.32. The maximum atomic E-state index is 11.7. The molecule has 0 saturated carbocycles. The zero-order valence-electron chi connectivity index (χ0n) is 10.2. The van der Waals surface area contributed by atoms with E-state index >= 15 is 0 Å². The van der Waals surface area contributed by atoms with Crippen LogP contribution in [0.3, 0.4) is 0 Å². The third-order valence-corrected chi connectivity index (χ3v) is 2.61. The van der Waals surface area contributed by atoms with Crippen LogP contribution >= 0.6 is 0 Å². The first-order valence-electron chi connectivity index (χ1n) is 5.60. The minimum Gasteiger partial charge on any atom is -0.348 e. The van der Waals surface area contributed by atoms with E-state index in [1.807, 2.05) is 38.1 Å². The normalized spacial score (nSPS) is 13.5. The van der Waals surface area contributed by atoms with Gasteiger partial charge in [-0.2, -0.15) is 0 Å². The van der Waals surface area contributed by atoms with Crippen molar-refractivity contribution in [2.45, 2.75) is 32.4 Å². The first-order chi connectivity index (χ1) is 8.04. The largest absolute Gasteiger partial charge is 0.348 e. The van der Waals surface area contributed by atoms with Crippen LogP contribution in [0.15, 0.2) is 24.3 Å². The molecular weight excluding hydrogens is 212 g/mol. The highest BCUT2D eigenvalue weighted by Crippen LogP contribution is 2.13. The summed E-state index contributed by atoms with van der Waals surface area (Å²) in [4.78, 5) is 11.7. The first-order valence-corrected chi connectivity index (χ1v) is 5.60. The molecule has 3 heteroatoms. The number of terminal acetylenes is 1. The molecule has 0 aliphatic rings. The van der Waals surface area contributed by atoms with Gasteiger partial charge in [0.1, 0.15) is 0 Å². The second kappa shape index (κ2) is 6.07. The van der Waals surface area contributed by atoms with Gasteiger partial charge in [-0.25, -0.2) is 0 Å². The molecule has 0 aliphatic carbocycles. The average molecular weight is 230 g/mol. The molecule has 1 rings (SSSR count). The molecule has 90 valence electrons. The lowest BCUT2D eigenvalue weighted by molar-refractivity contribution is -0.122. The van der Waals surface area contributed by atoms with Crippen molar-refractivity contribution in [3.8, 4) is 12.3 Å². The number of hydrogen-bond donors (Lipinski definition) is 2. The summed E-state index contributed by atoms with van der Waals surface area (Å²) in [6.45, 7) is 3.95. The van der Waals surface area contributed by atoms with Crippen LogP contribution in [-0.4, -0.2) is 11.9 Å². The van der Waals surface area contributed by atoms with Crippen LogP contribution in [0.4, 0.5) is 0 Å². The second-order valence-electron chi connectivity index (χ2n) is 4.16. The molecule has 0 saturated heterocycles. The van der Waals surface area contributed by atoms with Gasteiger partial charge < -0.3 is 11.1 Å². The van der Waals surface area contributed by atoms with E-state index in [1.54, 1.807) is 0 Å². The van der Waals surface area contributed by atoms with Crippen molar-refractivity contribution in [3.63, 3.8) is 0 Å². The van der Waals surface area contributed by atoms with Gasteiger partial charge in [0.25, 0.3) is 0 Å². The summed E-state index contributed by atoms with van der Waals surface area (Å²) in [6.07, 6.45) is 5.37. The van der Waals surface area contributed by atoms with E-state index in [0.717, 1.165) is 5.56 Å². The number of nitrogens with one attached hydrogen (secondary N) is 1. The van der Waals surface area contributed by atoms with Gasteiger partial charge in [0.15, 0.2) is 0 Å². The van der Waals surface area contributed by atoms with Gasteiger partial charge in [-0.1, -0.05) is 29.8 Å². The Bertz CT molecular complexity index is 417. The Morgan fingerprint density at radius 3 is 2.59 bits per heavy atom. The van der Waals surface area contributed by atoms with Crippen LogP contribution in [-0.2, 0) is 4.79 Å². The van der Waals surface area contributed by atoms with Crippen LogP contribution < -0.4 is 11.1 Å². The van der Waals surface area contributed by atoms with Crippen molar-refractivity contribution in [2.24, 2.45) is 5.73 Å². The Labute approximate surface area is 102 Å². The standard InChI is InChI=1S/C14H18N2O/c1-4-5-13(15)14(17)16-11(3)12-8-6-10(2)7-9-12/h1,6-9,11,13H,5,15H2,2-3H3,(H,16,17). The Morgan fingerprint density at radius 2 is 2.06 bits per heavy atom. The molecular formula is C14H18N2O. The number of aryl methyl sites for hydroxylation is 1. The monoisotopic (exact) mass is 230 g/mol. The Morgan fingerprint density at radius 1 is 1.47 bits per heavy atom. The lowest BCUT2D eigenvalue weighted by atomic mass is 10.1. The van der Waals surface area contributed by atoms with Crippen molar-refractivity contribution in [2.75, 3.05) is 0 Å². The third-order valence-electron chi connectivity index (χ3n) is 2.61. The molecule has 0 aliphatic heterocycles. The fourth-order valence-electron chi connectivity index (χ4n) is 1.48. The maximum absolute atomic E-state index is 11.7. The van der Waals surface area contributed by atoms with Crippen molar-refractivity contribution < 1.29 is 4.79 Å². The van der Waals surface area contributed by atoms with E-state index in [1.165, 1.54) is 5.56 Å². The highest BCUT2D eigenvalue weighted by molar-refractivity contribution is 5.82. The summed E-state index contributed by atoms with van der Waals surface area (Å²) in [7, 11) is 0. The molecule has 1 aromatic rings. The number of carbonyl (C=O) groups is 1. The molecule has 0 radical (unpaired) electrons. The van der Waals surface area contributed by atoms with Crippen molar-refractivity contribution in [1.82, 2.24) is 5.32 Å². The maximum Gasteiger partial charge on any atom is 0.238 e. The Kier molecular flexibility index (Phi) is 4.74. The molecule has 1 aromatic carbocycles. The quantitative estimate of drug-likeness (QED) is 0.771. The van der Waals surface area contributed by atoms with Crippen molar-refractivity contribution in [1.29, 1.82) is 0 Å². The van der Waals surface area contributed by atoms with Gasteiger partial charge in [0.05, 0.1) is 12.1 Å². The molecule has 0 aromatic heterocycles. The molecule has 0 heterocycles. The highest BCUT2D eigenvalue weighted by atomic mass is 16.2. The average Bonchev–Trinajstić information content (AvgIpc) is 2.30. The van der Waals surface area contributed by atoms with Crippen LogP contribution in [0.1, 0.15) is 30.5 Å². The zero-order chi connectivity index (χ0) is 12.8. The molecule has 17 heavy (non-hydrogen) atoms. The van der Waals surface area contributed by atoms with Crippen LogP contribution in [0.5, 0.6) is 0 Å². The molecule has 3 N–H and O–H groups in total. The van der Waals surface area contributed by atoms with Gasteiger partial charge in [-0.3, -0.25) is 4.79 Å². The molecule has 2 unspecified atom stereocenters. The third kappa shape index (κ3) is 3.93. The van der Waals surface area contributed by atoms with Crippen LogP contribution in [0.2, 0.25) is 0 Å². The summed E-state index contributed by atoms with van der Waals surface area (Å²) in [5.74, 6) is 2.17. The number of carbonyl (C=O) groups excluding carboxylic acids is 1. The Hall–Kier alpha value is -1.79. The molecule has 1 amide bonds. The lowest BCUT2D eigenvalue weighted by Gasteiger charge is -2.17. The topological polar surface area (TPSA) is 55.1 Å². The summed E-state index contributed by atoms with van der Waals surface area (Å²) >= 11 is 0. The highest BCUT2D eigenvalue weighted by Gasteiger charge is 2.15. The molecule has 0 spiro atoms. The van der Waals surface area contributed by atoms with Crippen molar-refractivity contribution >= 4 is 5.91 Å². The number of amides is 1. The van der Waals surface area contributed by atoms with Crippen LogP contribution in [0.25, 0.3) is 0 Å². The molecule has 0 fully saturated rings. The fourth-order valence-corrected chi connectivity index (χ4v) is 1.48.